The molecule has 1 unspecified atom stereocenters. The number of ketones is 2. The molecule has 0 saturated heterocycles. The molecule has 1 aliphatic heterocycles. The Bertz CT molecular complexity index is 1010. The van der Waals surface area contributed by atoms with Crippen LogP contribution in [0.25, 0.3) is 0 Å². The van der Waals surface area contributed by atoms with Crippen molar-refractivity contribution < 1.29 is 14.7 Å². The fraction of sp³-hybridized carbons (Fsp3) is 0.273. The number of nitrogens with zero attached hydrogens (tertiary/aromatic N) is 1. The number of carbonyl (C=O) groups excluding carboxylic acids is 2. The van der Waals surface area contributed by atoms with E-state index >= 15 is 0 Å². The molecule has 2 aliphatic rings. The summed E-state index contributed by atoms with van der Waals surface area (Å²) in [6.07, 6.45) is 0.765. The first-order chi connectivity index (χ1) is 13.1. The van der Waals surface area contributed by atoms with Gasteiger partial charge in [-0.05, 0) is 48.2 Å². The fourth-order valence-electron chi connectivity index (χ4n) is 4.08. The first-order valence-electron chi connectivity index (χ1n) is 8.99. The smallest absolute Gasteiger partial charge is 0.234 e. The van der Waals surface area contributed by atoms with Crippen LogP contribution in [0.2, 0.25) is 10.0 Å². The number of aliphatic hydroxyl groups is 1. The summed E-state index contributed by atoms with van der Waals surface area (Å²) >= 11 is 12.0. The van der Waals surface area contributed by atoms with E-state index < -0.39 is 11.5 Å². The molecule has 0 amide bonds. The molecule has 0 radical (unpaired) electrons. The lowest BCUT2D eigenvalue weighted by Crippen LogP contribution is -2.47. The van der Waals surface area contributed by atoms with E-state index in [0.717, 1.165) is 0 Å². The summed E-state index contributed by atoms with van der Waals surface area (Å²) in [5.41, 5.74) is -0.744. The molecule has 144 valence electrons. The van der Waals surface area contributed by atoms with Crippen LogP contribution in [-0.2, 0) is 15.3 Å². The molecule has 1 aliphatic carbocycles. The summed E-state index contributed by atoms with van der Waals surface area (Å²) in [7, 11) is 0. The summed E-state index contributed by atoms with van der Waals surface area (Å²) < 4.78 is 0. The topological polar surface area (TPSA) is 57.6 Å². The third-order valence-corrected chi connectivity index (χ3v) is 5.83. The number of carbonyl (C=O) groups is 2. The number of hydrogen-bond donors (Lipinski definition) is 1. The zero-order chi connectivity index (χ0) is 20.3. The Morgan fingerprint density at radius 3 is 2.00 bits per heavy atom. The minimum Gasteiger partial charge on any atom is -0.360 e. The highest BCUT2D eigenvalue weighted by atomic mass is 35.5. The summed E-state index contributed by atoms with van der Waals surface area (Å²) in [5.74, 6) is -0.833. The second-order valence-corrected chi connectivity index (χ2v) is 8.96. The van der Waals surface area contributed by atoms with Gasteiger partial charge in [0.25, 0.3) is 0 Å². The average molecular weight is 416 g/mol. The zero-order valence-electron chi connectivity index (χ0n) is 15.5. The molecule has 0 fully saturated rings. The molecule has 2 aromatic carbocycles. The molecule has 28 heavy (non-hydrogen) atoms. The lowest BCUT2D eigenvalue weighted by molar-refractivity contribution is -0.133. The number of hydrogen-bond acceptors (Lipinski definition) is 4. The van der Waals surface area contributed by atoms with Gasteiger partial charge in [-0.1, -0.05) is 49.2 Å². The van der Waals surface area contributed by atoms with Crippen LogP contribution in [0.3, 0.4) is 0 Å². The van der Waals surface area contributed by atoms with Gasteiger partial charge in [0.2, 0.25) is 11.5 Å². The van der Waals surface area contributed by atoms with Crippen LogP contribution in [0, 0.1) is 5.41 Å². The summed E-state index contributed by atoms with van der Waals surface area (Å²) in [6.45, 7) is 3.97. The number of allylic oxidation sites excluding steroid dienone is 1. The number of halogens is 2. The number of Topliss-reactive ketones (excluding diaryl/α,β-unsaturated/α-hetero) is 2. The molecular formula is C22H19Cl2NO3. The standard InChI is InChI=1S/C22H19Cl2NO3/c1-21(2)11-17-19(18(26)12-21)20(27)22(28,13-3-5-14(23)6-4-13)25(17)16-9-7-15(24)8-10-16/h3-10,28H,11-12H2,1-2H3. The largest absolute Gasteiger partial charge is 0.360 e. The van der Waals surface area contributed by atoms with E-state index in [1.165, 1.54) is 0 Å². The van der Waals surface area contributed by atoms with Gasteiger partial charge >= 0.3 is 0 Å². The summed E-state index contributed by atoms with van der Waals surface area (Å²) in [4.78, 5) is 27.8. The monoisotopic (exact) mass is 415 g/mol. The Morgan fingerprint density at radius 1 is 0.893 bits per heavy atom. The minimum atomic E-state index is -2.01. The van der Waals surface area contributed by atoms with E-state index in [1.807, 2.05) is 13.8 Å². The van der Waals surface area contributed by atoms with Crippen LogP contribution in [0.1, 0.15) is 32.3 Å². The van der Waals surface area contributed by atoms with E-state index in [-0.39, 0.29) is 23.2 Å². The lowest BCUT2D eigenvalue weighted by Gasteiger charge is -2.38. The molecule has 1 heterocycles. The predicted octanol–water partition coefficient (Wildman–Crippen LogP) is 4.87. The second-order valence-electron chi connectivity index (χ2n) is 8.08. The number of rotatable bonds is 2. The Morgan fingerprint density at radius 2 is 1.43 bits per heavy atom. The molecule has 2 aromatic rings. The number of benzene rings is 2. The average Bonchev–Trinajstić information content (AvgIpc) is 2.84. The van der Waals surface area contributed by atoms with Crippen molar-refractivity contribution >= 4 is 40.5 Å². The molecule has 4 rings (SSSR count). The van der Waals surface area contributed by atoms with Crippen LogP contribution in [0.5, 0.6) is 0 Å². The molecule has 4 nitrogen and oxygen atoms in total. The van der Waals surface area contributed by atoms with Gasteiger partial charge in [-0.3, -0.25) is 9.59 Å². The van der Waals surface area contributed by atoms with Crippen molar-refractivity contribution in [2.45, 2.75) is 32.4 Å². The van der Waals surface area contributed by atoms with Gasteiger partial charge in [-0.2, -0.15) is 0 Å². The van der Waals surface area contributed by atoms with Gasteiger partial charge in [0.05, 0.1) is 5.57 Å². The third-order valence-electron chi connectivity index (χ3n) is 5.32. The molecule has 0 bridgehead atoms. The van der Waals surface area contributed by atoms with Crippen LogP contribution in [0.15, 0.2) is 59.8 Å². The van der Waals surface area contributed by atoms with Crippen LogP contribution in [0.4, 0.5) is 5.69 Å². The Balaban J connectivity index is 1.96. The molecule has 1 N–H and O–H groups in total. The Labute approximate surface area is 173 Å². The van der Waals surface area contributed by atoms with Gasteiger partial charge in [-0.25, -0.2) is 0 Å². The maximum Gasteiger partial charge on any atom is 0.234 e. The van der Waals surface area contributed by atoms with Crippen LogP contribution < -0.4 is 4.90 Å². The second kappa shape index (κ2) is 6.45. The summed E-state index contributed by atoms with van der Waals surface area (Å²) in [5, 5.41) is 12.8. The van der Waals surface area contributed by atoms with E-state index in [2.05, 4.69) is 0 Å². The molecule has 1 atom stereocenters. The minimum absolute atomic E-state index is 0.0896. The Kier molecular flexibility index (Phi) is 4.42. The predicted molar refractivity (Wildman–Crippen MR) is 109 cm³/mol. The number of anilines is 1. The third kappa shape index (κ3) is 2.87. The van der Waals surface area contributed by atoms with Crippen molar-refractivity contribution in [3.05, 3.63) is 75.4 Å². The van der Waals surface area contributed by atoms with Gasteiger partial charge < -0.3 is 10.0 Å². The van der Waals surface area contributed by atoms with E-state index in [9.17, 15) is 14.7 Å². The SMILES string of the molecule is CC1(C)CC(=O)C2=C(C1)N(c1ccc(Cl)cc1)C(O)(c1ccc(Cl)cc1)C2=O. The maximum absolute atomic E-state index is 13.4. The van der Waals surface area contributed by atoms with Gasteiger partial charge in [0.1, 0.15) is 0 Å². The Hall–Kier alpha value is -2.14. The van der Waals surface area contributed by atoms with Crippen molar-refractivity contribution in [3.8, 4) is 0 Å². The molecule has 0 aromatic heterocycles. The van der Waals surface area contributed by atoms with Crippen LogP contribution in [-0.4, -0.2) is 16.7 Å². The van der Waals surface area contributed by atoms with Crippen LogP contribution >= 0.6 is 23.2 Å². The van der Waals surface area contributed by atoms with Gasteiger partial charge in [0.15, 0.2) is 5.78 Å². The highest BCUT2D eigenvalue weighted by molar-refractivity contribution is 6.31. The molecule has 6 heteroatoms. The van der Waals surface area contributed by atoms with E-state index in [1.54, 1.807) is 53.4 Å². The van der Waals surface area contributed by atoms with Gasteiger partial charge in [0, 0.05) is 33.4 Å². The molecule has 0 spiro atoms. The zero-order valence-corrected chi connectivity index (χ0v) is 17.0. The van der Waals surface area contributed by atoms with Crippen molar-refractivity contribution in [2.75, 3.05) is 4.90 Å². The van der Waals surface area contributed by atoms with Crippen molar-refractivity contribution in [2.24, 2.45) is 5.41 Å². The normalized spacial score (nSPS) is 24.0. The fourth-order valence-corrected chi connectivity index (χ4v) is 4.34. The van der Waals surface area contributed by atoms with E-state index in [4.69, 9.17) is 23.2 Å². The quantitative estimate of drug-likeness (QED) is 0.710. The highest BCUT2D eigenvalue weighted by Gasteiger charge is 2.57. The molecule has 0 saturated carbocycles. The van der Waals surface area contributed by atoms with Gasteiger partial charge in [-0.15, -0.1) is 0 Å². The van der Waals surface area contributed by atoms with Crippen molar-refractivity contribution in [3.63, 3.8) is 0 Å². The van der Waals surface area contributed by atoms with Crippen molar-refractivity contribution in [1.29, 1.82) is 0 Å². The first-order valence-corrected chi connectivity index (χ1v) is 9.74. The highest BCUT2D eigenvalue weighted by Crippen LogP contribution is 2.50. The lowest BCUT2D eigenvalue weighted by atomic mass is 9.75. The van der Waals surface area contributed by atoms with E-state index in [0.29, 0.717) is 33.4 Å². The first kappa shape index (κ1) is 19.2. The summed E-state index contributed by atoms with van der Waals surface area (Å²) in [6, 6.07) is 13.3. The van der Waals surface area contributed by atoms with Crippen molar-refractivity contribution in [1.82, 2.24) is 0 Å². The molecular weight excluding hydrogens is 397 g/mol. The maximum atomic E-state index is 13.4.